The van der Waals surface area contributed by atoms with E-state index in [1.54, 1.807) is 0 Å². The maximum atomic E-state index is 6.04. The summed E-state index contributed by atoms with van der Waals surface area (Å²) < 4.78 is 0. The number of hydrogen-bond donors (Lipinski definition) is 1. The molecule has 112 valence electrons. The van der Waals surface area contributed by atoms with E-state index < -0.39 is 0 Å². The van der Waals surface area contributed by atoms with Crippen LogP contribution in [0.3, 0.4) is 0 Å². The van der Waals surface area contributed by atoms with Crippen molar-refractivity contribution in [3.8, 4) is 0 Å². The lowest BCUT2D eigenvalue weighted by Gasteiger charge is -2.27. The van der Waals surface area contributed by atoms with Crippen LogP contribution in [0.25, 0.3) is 0 Å². The van der Waals surface area contributed by atoms with Gasteiger partial charge < -0.3 is 10.6 Å². The van der Waals surface area contributed by atoms with Gasteiger partial charge in [0.25, 0.3) is 0 Å². The van der Waals surface area contributed by atoms with Gasteiger partial charge in [0, 0.05) is 25.3 Å². The first-order valence-corrected chi connectivity index (χ1v) is 8.16. The summed E-state index contributed by atoms with van der Waals surface area (Å²) in [6.07, 6.45) is 10.7. The van der Waals surface area contributed by atoms with Crippen LogP contribution in [0.4, 0.5) is 5.82 Å². The van der Waals surface area contributed by atoms with Gasteiger partial charge in [0.2, 0.25) is 0 Å². The zero-order valence-corrected chi connectivity index (χ0v) is 13.1. The molecule has 3 heteroatoms. The third-order valence-electron chi connectivity index (χ3n) is 4.29. The fraction of sp³-hybridized carbons (Fsp3) is 0.706. The van der Waals surface area contributed by atoms with Gasteiger partial charge in [-0.1, -0.05) is 32.3 Å². The van der Waals surface area contributed by atoms with Gasteiger partial charge in [0.1, 0.15) is 5.82 Å². The van der Waals surface area contributed by atoms with E-state index >= 15 is 0 Å². The number of rotatable bonds is 4. The summed E-state index contributed by atoms with van der Waals surface area (Å²) in [5.41, 5.74) is 8.60. The summed E-state index contributed by atoms with van der Waals surface area (Å²) in [5, 5.41) is 0. The van der Waals surface area contributed by atoms with Crippen molar-refractivity contribution >= 4 is 5.82 Å². The van der Waals surface area contributed by atoms with Crippen molar-refractivity contribution in [1.82, 2.24) is 4.98 Å². The zero-order valence-electron chi connectivity index (χ0n) is 13.1. The second-order valence-electron chi connectivity index (χ2n) is 6.11. The number of hydrogen-bond acceptors (Lipinski definition) is 3. The van der Waals surface area contributed by atoms with E-state index in [0.717, 1.165) is 25.9 Å². The Balaban J connectivity index is 2.07. The van der Waals surface area contributed by atoms with E-state index in [4.69, 9.17) is 10.7 Å². The number of aromatic nitrogens is 1. The molecule has 0 spiro atoms. The molecule has 0 saturated carbocycles. The Morgan fingerprint density at radius 3 is 2.45 bits per heavy atom. The van der Waals surface area contributed by atoms with Gasteiger partial charge in [-0.3, -0.25) is 0 Å². The first kappa shape index (κ1) is 15.3. The maximum absolute atomic E-state index is 6.04. The monoisotopic (exact) mass is 275 g/mol. The third-order valence-corrected chi connectivity index (χ3v) is 4.29. The normalized spacial score (nSPS) is 18.4. The minimum absolute atomic E-state index is 0.253. The average molecular weight is 275 g/mol. The summed E-state index contributed by atoms with van der Waals surface area (Å²) in [6.45, 7) is 6.63. The number of aryl methyl sites for hydroxylation is 1. The Morgan fingerprint density at radius 2 is 1.85 bits per heavy atom. The van der Waals surface area contributed by atoms with Crippen LogP contribution in [0.5, 0.6) is 0 Å². The predicted octanol–water partition coefficient (Wildman–Crippen LogP) is 3.44. The Hall–Kier alpha value is -1.09. The zero-order chi connectivity index (χ0) is 14.4. The molecule has 2 rings (SSSR count). The summed E-state index contributed by atoms with van der Waals surface area (Å²) >= 11 is 0. The van der Waals surface area contributed by atoms with Crippen molar-refractivity contribution in [3.63, 3.8) is 0 Å². The highest BCUT2D eigenvalue weighted by Crippen LogP contribution is 2.22. The van der Waals surface area contributed by atoms with Crippen molar-refractivity contribution in [3.05, 3.63) is 23.4 Å². The molecule has 1 fully saturated rings. The van der Waals surface area contributed by atoms with Gasteiger partial charge >= 0.3 is 0 Å². The lowest BCUT2D eigenvalue weighted by Crippen LogP contribution is -2.28. The molecule has 0 amide bonds. The molecule has 1 aliphatic heterocycles. The van der Waals surface area contributed by atoms with Gasteiger partial charge in [-0.2, -0.15) is 0 Å². The highest BCUT2D eigenvalue weighted by molar-refractivity contribution is 5.47. The molecule has 2 N–H and O–H groups in total. The number of pyridine rings is 1. The summed E-state index contributed by atoms with van der Waals surface area (Å²) in [5.74, 6) is 1.18. The molecule has 0 aliphatic carbocycles. The highest BCUT2D eigenvalue weighted by Gasteiger charge is 2.13. The summed E-state index contributed by atoms with van der Waals surface area (Å²) in [7, 11) is 0. The van der Waals surface area contributed by atoms with Crippen LogP contribution in [0, 0.1) is 6.92 Å². The molecule has 0 bridgehead atoms. The van der Waals surface area contributed by atoms with E-state index in [0.29, 0.717) is 0 Å². The second kappa shape index (κ2) is 7.63. The van der Waals surface area contributed by atoms with Gasteiger partial charge in [-0.25, -0.2) is 4.98 Å². The first-order chi connectivity index (χ1) is 9.70. The highest BCUT2D eigenvalue weighted by atomic mass is 15.2. The fourth-order valence-electron chi connectivity index (χ4n) is 2.97. The lowest BCUT2D eigenvalue weighted by atomic mass is 10.0. The van der Waals surface area contributed by atoms with Crippen LogP contribution in [0.1, 0.15) is 56.6 Å². The van der Waals surface area contributed by atoms with Crippen LogP contribution in [-0.2, 0) is 6.42 Å². The van der Waals surface area contributed by atoms with Crippen LogP contribution >= 0.6 is 0 Å². The molecule has 1 aromatic heterocycles. The van der Waals surface area contributed by atoms with E-state index in [1.165, 1.54) is 49.0 Å². The van der Waals surface area contributed by atoms with E-state index in [9.17, 15) is 0 Å². The maximum Gasteiger partial charge on any atom is 0.131 e. The van der Waals surface area contributed by atoms with Gasteiger partial charge in [0.15, 0.2) is 0 Å². The smallest absolute Gasteiger partial charge is 0.131 e. The standard InChI is InChI=1S/C17H29N3/c1-3-16(18)12-15-11-14(2)17(19-13-15)20-9-7-5-4-6-8-10-20/h11,13,16H,3-10,12,18H2,1-2H3. The van der Waals surface area contributed by atoms with Crippen molar-refractivity contribution in [2.75, 3.05) is 18.0 Å². The number of nitrogens with two attached hydrogens (primary N) is 1. The molecule has 0 radical (unpaired) electrons. The average Bonchev–Trinajstić information content (AvgIpc) is 2.39. The van der Waals surface area contributed by atoms with Crippen molar-refractivity contribution < 1.29 is 0 Å². The Kier molecular flexibility index (Phi) is 5.84. The summed E-state index contributed by atoms with van der Waals surface area (Å²) in [4.78, 5) is 7.20. The first-order valence-electron chi connectivity index (χ1n) is 8.16. The Bertz CT molecular complexity index is 409. The SMILES string of the molecule is CCC(N)Cc1cnc(N2CCCCCCC2)c(C)c1. The molecule has 1 unspecified atom stereocenters. The number of nitrogens with zero attached hydrogens (tertiary/aromatic N) is 2. The minimum Gasteiger partial charge on any atom is -0.356 e. The predicted molar refractivity (Wildman–Crippen MR) is 86.2 cm³/mol. The van der Waals surface area contributed by atoms with Crippen molar-refractivity contribution in [2.45, 2.75) is 64.8 Å². The van der Waals surface area contributed by atoms with Crippen LogP contribution in [0.15, 0.2) is 12.3 Å². The number of anilines is 1. The van der Waals surface area contributed by atoms with Crippen LogP contribution < -0.4 is 10.6 Å². The van der Waals surface area contributed by atoms with Crippen LogP contribution in [0.2, 0.25) is 0 Å². The molecule has 1 aliphatic rings. The molecule has 1 aromatic rings. The lowest BCUT2D eigenvalue weighted by molar-refractivity contribution is 0.553. The summed E-state index contributed by atoms with van der Waals surface area (Å²) in [6, 6.07) is 2.53. The molecule has 1 atom stereocenters. The molecule has 2 heterocycles. The minimum atomic E-state index is 0.253. The van der Waals surface area contributed by atoms with Gasteiger partial charge in [0.05, 0.1) is 0 Å². The molecule has 0 aromatic carbocycles. The van der Waals surface area contributed by atoms with E-state index in [1.807, 2.05) is 6.20 Å². The molecular formula is C17H29N3. The molecule has 3 nitrogen and oxygen atoms in total. The van der Waals surface area contributed by atoms with Gasteiger partial charge in [-0.15, -0.1) is 0 Å². The fourth-order valence-corrected chi connectivity index (χ4v) is 2.97. The van der Waals surface area contributed by atoms with Gasteiger partial charge in [-0.05, 0) is 43.7 Å². The van der Waals surface area contributed by atoms with Crippen molar-refractivity contribution in [2.24, 2.45) is 5.73 Å². The molecule has 20 heavy (non-hydrogen) atoms. The Labute approximate surface area is 123 Å². The largest absolute Gasteiger partial charge is 0.356 e. The topological polar surface area (TPSA) is 42.1 Å². The quantitative estimate of drug-likeness (QED) is 0.915. The molecule has 1 saturated heterocycles. The van der Waals surface area contributed by atoms with E-state index in [-0.39, 0.29) is 6.04 Å². The van der Waals surface area contributed by atoms with Crippen LogP contribution in [-0.4, -0.2) is 24.1 Å². The third kappa shape index (κ3) is 4.20. The van der Waals surface area contributed by atoms with Crippen molar-refractivity contribution in [1.29, 1.82) is 0 Å². The Morgan fingerprint density at radius 1 is 1.20 bits per heavy atom. The molecular weight excluding hydrogens is 246 g/mol. The second-order valence-corrected chi connectivity index (χ2v) is 6.11. The van der Waals surface area contributed by atoms with E-state index in [2.05, 4.69) is 24.8 Å².